The van der Waals surface area contributed by atoms with E-state index in [1.807, 2.05) is 49.1 Å². The summed E-state index contributed by atoms with van der Waals surface area (Å²) < 4.78 is 13.4. The Morgan fingerprint density at radius 1 is 1.00 bits per heavy atom. The molecule has 0 spiro atoms. The minimum atomic E-state index is -0.413. The molecule has 3 rings (SSSR count). The van der Waals surface area contributed by atoms with Gasteiger partial charge in [0.15, 0.2) is 5.82 Å². The van der Waals surface area contributed by atoms with Crippen LogP contribution in [0.25, 0.3) is 11.4 Å². The number of nitrogens with zero attached hydrogens (tertiary/aromatic N) is 3. The largest absolute Gasteiger partial charge is 0.357 e. The molecule has 0 saturated carbocycles. The summed E-state index contributed by atoms with van der Waals surface area (Å²) in [7, 11) is 0. The molecule has 6 heteroatoms. The third kappa shape index (κ3) is 4.47. The summed E-state index contributed by atoms with van der Waals surface area (Å²) >= 11 is 0. The van der Waals surface area contributed by atoms with Crippen molar-refractivity contribution in [2.75, 3.05) is 23.3 Å². The standard InChI is InChI=1S/C21H21FN4O/c1-3-26(4-2)19-14-18(21(27)23-17-12-8-11-16(22)13-17)24-20(25-19)15-9-6-5-7-10-15/h5-14H,3-4H2,1-2H3,(H,23,27). The molecule has 0 bridgehead atoms. The zero-order valence-corrected chi connectivity index (χ0v) is 15.3. The van der Waals surface area contributed by atoms with Crippen LogP contribution in [0.15, 0.2) is 60.7 Å². The topological polar surface area (TPSA) is 58.1 Å². The Morgan fingerprint density at radius 2 is 1.74 bits per heavy atom. The van der Waals surface area contributed by atoms with Crippen molar-refractivity contribution in [2.45, 2.75) is 13.8 Å². The number of carbonyl (C=O) groups is 1. The second-order valence-corrected chi connectivity index (χ2v) is 5.94. The molecule has 138 valence electrons. The summed E-state index contributed by atoms with van der Waals surface area (Å²) in [6, 6.07) is 16.9. The normalized spacial score (nSPS) is 10.5. The van der Waals surface area contributed by atoms with Gasteiger partial charge in [-0.05, 0) is 32.0 Å². The minimum Gasteiger partial charge on any atom is -0.357 e. The Kier molecular flexibility index (Phi) is 5.76. The molecule has 0 aliphatic carbocycles. The van der Waals surface area contributed by atoms with Gasteiger partial charge in [-0.2, -0.15) is 0 Å². The maximum absolute atomic E-state index is 13.4. The molecule has 27 heavy (non-hydrogen) atoms. The van der Waals surface area contributed by atoms with Crippen LogP contribution in [-0.2, 0) is 0 Å². The molecule has 1 N–H and O–H groups in total. The fraction of sp³-hybridized carbons (Fsp3) is 0.190. The molecular formula is C21H21FN4O. The van der Waals surface area contributed by atoms with Gasteiger partial charge in [-0.3, -0.25) is 4.79 Å². The van der Waals surface area contributed by atoms with E-state index in [2.05, 4.69) is 15.3 Å². The third-order valence-corrected chi connectivity index (χ3v) is 4.15. The molecule has 0 atom stereocenters. The fourth-order valence-corrected chi connectivity index (χ4v) is 2.74. The maximum atomic E-state index is 13.4. The lowest BCUT2D eigenvalue weighted by Crippen LogP contribution is -2.24. The van der Waals surface area contributed by atoms with Crippen molar-refractivity contribution in [3.8, 4) is 11.4 Å². The van der Waals surface area contributed by atoms with Crippen LogP contribution in [-0.4, -0.2) is 29.0 Å². The molecule has 1 heterocycles. The van der Waals surface area contributed by atoms with E-state index in [1.165, 1.54) is 12.1 Å². The molecule has 0 unspecified atom stereocenters. The molecule has 0 saturated heterocycles. The summed E-state index contributed by atoms with van der Waals surface area (Å²) in [5.41, 5.74) is 1.44. The SMILES string of the molecule is CCN(CC)c1cc(C(=O)Nc2cccc(F)c2)nc(-c2ccccc2)n1. The number of anilines is 2. The Morgan fingerprint density at radius 3 is 2.41 bits per heavy atom. The minimum absolute atomic E-state index is 0.231. The molecule has 0 aliphatic heterocycles. The predicted octanol–water partition coefficient (Wildman–Crippen LogP) is 4.38. The third-order valence-electron chi connectivity index (χ3n) is 4.15. The van der Waals surface area contributed by atoms with Gasteiger partial charge < -0.3 is 10.2 Å². The highest BCUT2D eigenvalue weighted by Crippen LogP contribution is 2.21. The molecule has 0 aliphatic rings. The predicted molar refractivity (Wildman–Crippen MR) is 105 cm³/mol. The van der Waals surface area contributed by atoms with E-state index in [-0.39, 0.29) is 5.69 Å². The van der Waals surface area contributed by atoms with Crippen LogP contribution >= 0.6 is 0 Å². The molecule has 3 aromatic rings. The van der Waals surface area contributed by atoms with Crippen LogP contribution in [0.1, 0.15) is 24.3 Å². The molecule has 0 fully saturated rings. The van der Waals surface area contributed by atoms with Crippen LogP contribution in [0.2, 0.25) is 0 Å². The number of halogens is 1. The summed E-state index contributed by atoms with van der Waals surface area (Å²) in [5, 5.41) is 2.69. The summed E-state index contributed by atoms with van der Waals surface area (Å²) in [5.74, 6) is 0.334. The highest BCUT2D eigenvalue weighted by molar-refractivity contribution is 6.03. The van der Waals surface area contributed by atoms with E-state index in [9.17, 15) is 9.18 Å². The first kappa shape index (κ1) is 18.5. The Bertz CT molecular complexity index is 926. The van der Waals surface area contributed by atoms with E-state index in [4.69, 9.17) is 0 Å². The van der Waals surface area contributed by atoms with Gasteiger partial charge in [-0.1, -0.05) is 36.4 Å². The smallest absolute Gasteiger partial charge is 0.274 e. The van der Waals surface area contributed by atoms with Crippen LogP contribution in [0, 0.1) is 5.82 Å². The fourth-order valence-electron chi connectivity index (χ4n) is 2.74. The first-order chi connectivity index (χ1) is 13.1. The first-order valence-corrected chi connectivity index (χ1v) is 8.87. The molecule has 2 aromatic carbocycles. The molecule has 1 amide bonds. The second kappa shape index (κ2) is 8.40. The van der Waals surface area contributed by atoms with Crippen molar-refractivity contribution in [3.05, 3.63) is 72.2 Å². The van der Waals surface area contributed by atoms with Crippen molar-refractivity contribution in [1.82, 2.24) is 9.97 Å². The Hall–Kier alpha value is -3.28. The van der Waals surface area contributed by atoms with Crippen LogP contribution in [0.3, 0.4) is 0 Å². The van der Waals surface area contributed by atoms with Crippen molar-refractivity contribution < 1.29 is 9.18 Å². The van der Waals surface area contributed by atoms with Crippen molar-refractivity contribution >= 4 is 17.4 Å². The molecule has 1 aromatic heterocycles. The van der Waals surface area contributed by atoms with Gasteiger partial charge in [0.05, 0.1) is 0 Å². The Balaban J connectivity index is 2.00. The molecular weight excluding hydrogens is 343 g/mol. The summed E-state index contributed by atoms with van der Waals surface area (Å²) in [6.07, 6.45) is 0. The van der Waals surface area contributed by atoms with Crippen molar-refractivity contribution in [3.63, 3.8) is 0 Å². The maximum Gasteiger partial charge on any atom is 0.274 e. The lowest BCUT2D eigenvalue weighted by Gasteiger charge is -2.21. The van der Waals surface area contributed by atoms with Crippen molar-refractivity contribution in [2.24, 2.45) is 0 Å². The van der Waals surface area contributed by atoms with Gasteiger partial charge in [0.1, 0.15) is 17.3 Å². The number of carbonyl (C=O) groups excluding carboxylic acids is 1. The second-order valence-electron chi connectivity index (χ2n) is 5.94. The lowest BCUT2D eigenvalue weighted by atomic mass is 10.2. The number of amides is 1. The van der Waals surface area contributed by atoms with Crippen molar-refractivity contribution in [1.29, 1.82) is 0 Å². The summed E-state index contributed by atoms with van der Waals surface area (Å²) in [4.78, 5) is 23.8. The number of benzene rings is 2. The van der Waals surface area contributed by atoms with E-state index in [0.717, 1.165) is 18.7 Å². The molecule has 5 nitrogen and oxygen atoms in total. The van der Waals surface area contributed by atoms with E-state index in [1.54, 1.807) is 18.2 Å². The van der Waals surface area contributed by atoms with Gasteiger partial charge in [-0.25, -0.2) is 14.4 Å². The first-order valence-electron chi connectivity index (χ1n) is 8.87. The highest BCUT2D eigenvalue weighted by atomic mass is 19.1. The van der Waals surface area contributed by atoms with Gasteiger partial charge >= 0.3 is 0 Å². The van der Waals surface area contributed by atoms with E-state index >= 15 is 0 Å². The van der Waals surface area contributed by atoms with Crippen LogP contribution in [0.5, 0.6) is 0 Å². The summed E-state index contributed by atoms with van der Waals surface area (Å²) in [6.45, 7) is 5.57. The average Bonchev–Trinajstić information content (AvgIpc) is 2.69. The quantitative estimate of drug-likeness (QED) is 0.705. The van der Waals surface area contributed by atoms with E-state index in [0.29, 0.717) is 17.3 Å². The Labute approximate surface area is 157 Å². The number of aromatic nitrogens is 2. The van der Waals surface area contributed by atoms with Gasteiger partial charge in [-0.15, -0.1) is 0 Å². The zero-order chi connectivity index (χ0) is 19.2. The molecule has 0 radical (unpaired) electrons. The monoisotopic (exact) mass is 364 g/mol. The van der Waals surface area contributed by atoms with Gasteiger partial charge in [0, 0.05) is 30.4 Å². The van der Waals surface area contributed by atoms with Crippen LogP contribution < -0.4 is 10.2 Å². The van der Waals surface area contributed by atoms with Gasteiger partial charge in [0.25, 0.3) is 5.91 Å². The average molecular weight is 364 g/mol. The number of nitrogens with one attached hydrogen (secondary N) is 1. The van der Waals surface area contributed by atoms with Gasteiger partial charge in [0.2, 0.25) is 0 Å². The number of hydrogen-bond donors (Lipinski definition) is 1. The van der Waals surface area contributed by atoms with Crippen LogP contribution in [0.4, 0.5) is 15.9 Å². The highest BCUT2D eigenvalue weighted by Gasteiger charge is 2.16. The van der Waals surface area contributed by atoms with E-state index < -0.39 is 11.7 Å². The number of hydrogen-bond acceptors (Lipinski definition) is 4. The number of rotatable bonds is 6. The lowest BCUT2D eigenvalue weighted by molar-refractivity contribution is 0.102. The zero-order valence-electron chi connectivity index (χ0n) is 15.3.